The van der Waals surface area contributed by atoms with Crippen molar-refractivity contribution in [2.24, 2.45) is 5.92 Å². The third-order valence-electron chi connectivity index (χ3n) is 2.04. The summed E-state index contributed by atoms with van der Waals surface area (Å²) in [6.45, 7) is -0.0648. The van der Waals surface area contributed by atoms with Gasteiger partial charge in [-0.3, -0.25) is 10.4 Å². The van der Waals surface area contributed by atoms with E-state index in [4.69, 9.17) is 10.4 Å². The Kier molecular flexibility index (Phi) is 2.62. The molecule has 1 saturated carbocycles. The van der Waals surface area contributed by atoms with Gasteiger partial charge in [0.05, 0.1) is 12.6 Å². The number of hydrogen-bond donors (Lipinski definition) is 3. The van der Waals surface area contributed by atoms with E-state index in [1.807, 2.05) is 0 Å². The maximum absolute atomic E-state index is 9.18. The maximum atomic E-state index is 9.18. The van der Waals surface area contributed by atoms with Crippen LogP contribution in [-0.4, -0.2) is 33.4 Å². The summed E-state index contributed by atoms with van der Waals surface area (Å²) < 4.78 is 0. The largest absolute Gasteiger partial charge is 0.391 e. The average Bonchev–Trinajstić information content (AvgIpc) is 1.55. The third-order valence-corrected chi connectivity index (χ3v) is 2.04. The zero-order valence-electron chi connectivity index (χ0n) is 5.77. The minimum Gasteiger partial charge on any atom is -0.391 e. The molecule has 0 saturated heterocycles. The zero-order valence-corrected chi connectivity index (χ0v) is 5.77. The van der Waals surface area contributed by atoms with Crippen molar-refractivity contribution in [2.45, 2.75) is 25.4 Å². The van der Waals surface area contributed by atoms with Crippen LogP contribution in [0.1, 0.15) is 19.3 Å². The van der Waals surface area contributed by atoms with Crippen LogP contribution in [0.25, 0.3) is 0 Å². The number of rotatable bonds is 3. The van der Waals surface area contributed by atoms with Crippen LogP contribution in [0.2, 0.25) is 0 Å². The van der Waals surface area contributed by atoms with Crippen molar-refractivity contribution in [3.8, 4) is 0 Å². The summed E-state index contributed by atoms with van der Waals surface area (Å²) >= 11 is 0. The van der Waals surface area contributed by atoms with Gasteiger partial charge < -0.3 is 5.11 Å². The van der Waals surface area contributed by atoms with Crippen molar-refractivity contribution in [2.75, 3.05) is 6.54 Å². The highest BCUT2D eigenvalue weighted by molar-refractivity contribution is 4.76. The second kappa shape index (κ2) is 3.30. The van der Waals surface area contributed by atoms with Crippen LogP contribution < -0.4 is 0 Å². The Balaban J connectivity index is 2.13. The highest BCUT2D eigenvalue weighted by Crippen LogP contribution is 2.29. The fraction of sp³-hybridized carbons (Fsp3) is 1.00. The second-order valence-electron chi connectivity index (χ2n) is 2.81. The standard InChI is InChI=1S/C6H13NO3/c8-6(4-7(9)10)5-2-1-3-5/h5-6,8-10H,1-4H2. The molecule has 60 valence electrons. The van der Waals surface area contributed by atoms with Crippen molar-refractivity contribution in [3.05, 3.63) is 0 Å². The molecule has 1 aliphatic rings. The van der Waals surface area contributed by atoms with E-state index in [1.165, 1.54) is 0 Å². The summed E-state index contributed by atoms with van der Waals surface area (Å²) in [5, 5.41) is 25.9. The van der Waals surface area contributed by atoms with Gasteiger partial charge in [-0.15, -0.1) is 0 Å². The van der Waals surface area contributed by atoms with Crippen molar-refractivity contribution in [1.82, 2.24) is 5.23 Å². The molecular weight excluding hydrogens is 134 g/mol. The van der Waals surface area contributed by atoms with E-state index >= 15 is 0 Å². The van der Waals surface area contributed by atoms with E-state index in [9.17, 15) is 5.11 Å². The first-order valence-corrected chi connectivity index (χ1v) is 3.53. The summed E-state index contributed by atoms with van der Waals surface area (Å²) in [6.07, 6.45) is 2.59. The number of aliphatic hydroxyl groups excluding tert-OH is 1. The Labute approximate surface area is 59.6 Å². The fourth-order valence-electron chi connectivity index (χ4n) is 1.14. The lowest BCUT2D eigenvalue weighted by molar-refractivity contribution is -0.318. The summed E-state index contributed by atoms with van der Waals surface area (Å²) in [5.74, 6) is 0.279. The summed E-state index contributed by atoms with van der Waals surface area (Å²) in [4.78, 5) is 0. The summed E-state index contributed by atoms with van der Waals surface area (Å²) in [5.41, 5.74) is 0. The highest BCUT2D eigenvalue weighted by Gasteiger charge is 2.26. The topological polar surface area (TPSA) is 63.9 Å². The average molecular weight is 147 g/mol. The minimum atomic E-state index is -0.580. The van der Waals surface area contributed by atoms with Gasteiger partial charge >= 0.3 is 0 Å². The SMILES string of the molecule is OC(CN(O)O)C1CCC1. The van der Waals surface area contributed by atoms with Gasteiger partial charge in [-0.25, -0.2) is 0 Å². The van der Waals surface area contributed by atoms with Crippen LogP contribution in [0.15, 0.2) is 0 Å². The quantitative estimate of drug-likeness (QED) is 0.500. The first kappa shape index (κ1) is 7.94. The number of hydroxylamine groups is 2. The number of hydrogen-bond acceptors (Lipinski definition) is 4. The predicted octanol–water partition coefficient (Wildman–Crippen LogP) is 0.228. The van der Waals surface area contributed by atoms with Crippen molar-refractivity contribution >= 4 is 0 Å². The molecule has 4 heteroatoms. The Bertz CT molecular complexity index is 103. The Hall–Kier alpha value is -0.160. The molecule has 3 N–H and O–H groups in total. The zero-order chi connectivity index (χ0) is 7.56. The van der Waals surface area contributed by atoms with Crippen LogP contribution >= 0.6 is 0 Å². The van der Waals surface area contributed by atoms with E-state index in [1.54, 1.807) is 0 Å². The van der Waals surface area contributed by atoms with Gasteiger partial charge in [0.2, 0.25) is 0 Å². The van der Waals surface area contributed by atoms with Gasteiger partial charge in [-0.05, 0) is 18.8 Å². The molecule has 1 unspecified atom stereocenters. The lowest BCUT2D eigenvalue weighted by atomic mass is 9.81. The van der Waals surface area contributed by atoms with Crippen LogP contribution in [0.5, 0.6) is 0 Å². The Morgan fingerprint density at radius 2 is 2.00 bits per heavy atom. The molecule has 0 amide bonds. The molecular formula is C6H13NO3. The van der Waals surface area contributed by atoms with Crippen molar-refractivity contribution in [3.63, 3.8) is 0 Å². The van der Waals surface area contributed by atoms with Gasteiger partial charge in [-0.2, -0.15) is 0 Å². The van der Waals surface area contributed by atoms with Gasteiger partial charge in [0.15, 0.2) is 0 Å². The predicted molar refractivity (Wildman–Crippen MR) is 33.6 cm³/mol. The van der Waals surface area contributed by atoms with Crippen LogP contribution in [-0.2, 0) is 0 Å². The molecule has 0 radical (unpaired) electrons. The van der Waals surface area contributed by atoms with Gasteiger partial charge in [-0.1, -0.05) is 11.6 Å². The van der Waals surface area contributed by atoms with Gasteiger partial charge in [0, 0.05) is 0 Å². The first-order chi connectivity index (χ1) is 4.70. The molecule has 1 fully saturated rings. The monoisotopic (exact) mass is 147 g/mol. The highest BCUT2D eigenvalue weighted by atomic mass is 16.8. The molecule has 1 aliphatic carbocycles. The molecule has 1 atom stereocenters. The molecule has 0 heterocycles. The van der Waals surface area contributed by atoms with E-state index in [0.717, 1.165) is 19.3 Å². The van der Waals surface area contributed by atoms with E-state index < -0.39 is 6.10 Å². The van der Waals surface area contributed by atoms with Gasteiger partial charge in [0.25, 0.3) is 0 Å². The molecule has 4 nitrogen and oxygen atoms in total. The molecule has 0 bridgehead atoms. The molecule has 0 aromatic rings. The van der Waals surface area contributed by atoms with Crippen molar-refractivity contribution < 1.29 is 15.5 Å². The van der Waals surface area contributed by atoms with E-state index in [0.29, 0.717) is 0 Å². The second-order valence-corrected chi connectivity index (χ2v) is 2.81. The van der Waals surface area contributed by atoms with Crippen LogP contribution in [0, 0.1) is 5.92 Å². The maximum Gasteiger partial charge on any atom is 0.0775 e. The molecule has 0 spiro atoms. The van der Waals surface area contributed by atoms with Crippen molar-refractivity contribution in [1.29, 1.82) is 0 Å². The van der Waals surface area contributed by atoms with Gasteiger partial charge in [0.1, 0.15) is 0 Å². The van der Waals surface area contributed by atoms with E-state index in [2.05, 4.69) is 0 Å². The minimum absolute atomic E-state index is 0.0446. The molecule has 0 aromatic heterocycles. The Morgan fingerprint density at radius 3 is 2.30 bits per heavy atom. The third kappa shape index (κ3) is 1.91. The Morgan fingerprint density at radius 1 is 1.40 bits per heavy atom. The smallest absolute Gasteiger partial charge is 0.0775 e. The normalized spacial score (nSPS) is 22.8. The lowest BCUT2D eigenvalue weighted by Gasteiger charge is -2.30. The van der Waals surface area contributed by atoms with Crippen LogP contribution in [0.4, 0.5) is 0 Å². The number of aliphatic hydroxyl groups is 1. The molecule has 1 rings (SSSR count). The molecule has 0 aliphatic heterocycles. The van der Waals surface area contributed by atoms with Crippen LogP contribution in [0.3, 0.4) is 0 Å². The fourth-order valence-corrected chi connectivity index (χ4v) is 1.14. The summed E-state index contributed by atoms with van der Waals surface area (Å²) in [6, 6.07) is 0. The molecule has 10 heavy (non-hydrogen) atoms. The lowest BCUT2D eigenvalue weighted by Crippen LogP contribution is -2.36. The summed E-state index contributed by atoms with van der Waals surface area (Å²) in [7, 11) is 0. The number of nitrogens with zero attached hydrogens (tertiary/aromatic N) is 1. The first-order valence-electron chi connectivity index (χ1n) is 3.53. The molecule has 0 aromatic carbocycles. The van der Waals surface area contributed by atoms with E-state index in [-0.39, 0.29) is 17.7 Å².